The number of nitrogen functional groups attached to an aromatic ring is 1. The summed E-state index contributed by atoms with van der Waals surface area (Å²) in [5.74, 6) is 0. The van der Waals surface area contributed by atoms with Crippen molar-refractivity contribution >= 4 is 11.8 Å². The van der Waals surface area contributed by atoms with Gasteiger partial charge in [-0.25, -0.2) is 4.79 Å². The van der Waals surface area contributed by atoms with Gasteiger partial charge in [0.15, 0.2) is 0 Å². The summed E-state index contributed by atoms with van der Waals surface area (Å²) in [5, 5.41) is 4.37. The van der Waals surface area contributed by atoms with E-state index in [2.05, 4.69) is 5.10 Å². The summed E-state index contributed by atoms with van der Waals surface area (Å²) in [6, 6.07) is 0.301. The molecule has 1 fully saturated rings. The Bertz CT molecular complexity index is 504. The zero-order valence-corrected chi connectivity index (χ0v) is 13.4. The second-order valence-electron chi connectivity index (χ2n) is 6.68. The molecule has 0 saturated carbocycles. The lowest BCUT2D eigenvalue weighted by Crippen LogP contribution is -2.37. The van der Waals surface area contributed by atoms with Crippen LogP contribution in [0.25, 0.3) is 0 Å². The summed E-state index contributed by atoms with van der Waals surface area (Å²) in [6.07, 6.45) is 4.30. The number of hydrogen-bond acceptors (Lipinski definition) is 4. The van der Waals surface area contributed by atoms with E-state index in [1.807, 2.05) is 32.4 Å². The summed E-state index contributed by atoms with van der Waals surface area (Å²) in [4.78, 5) is 13.9. The van der Waals surface area contributed by atoms with E-state index < -0.39 is 5.60 Å². The van der Waals surface area contributed by atoms with Crippen molar-refractivity contribution in [1.29, 1.82) is 0 Å². The average molecular weight is 294 g/mol. The van der Waals surface area contributed by atoms with Crippen LogP contribution in [0.3, 0.4) is 0 Å². The van der Waals surface area contributed by atoms with Crippen LogP contribution in [0.15, 0.2) is 6.20 Å². The van der Waals surface area contributed by atoms with Crippen molar-refractivity contribution in [2.75, 3.05) is 18.8 Å². The van der Waals surface area contributed by atoms with Crippen molar-refractivity contribution in [2.45, 2.75) is 58.6 Å². The number of hydrogen-bond donors (Lipinski definition) is 1. The molecule has 1 aliphatic rings. The van der Waals surface area contributed by atoms with Gasteiger partial charge < -0.3 is 15.4 Å². The van der Waals surface area contributed by atoms with Crippen LogP contribution in [0.1, 0.15) is 51.8 Å². The topological polar surface area (TPSA) is 73.4 Å². The second kappa shape index (κ2) is 5.95. The van der Waals surface area contributed by atoms with E-state index in [4.69, 9.17) is 10.5 Å². The molecule has 2 N–H and O–H groups in total. The Morgan fingerprint density at radius 2 is 2.10 bits per heavy atom. The molecule has 6 nitrogen and oxygen atoms in total. The van der Waals surface area contributed by atoms with Gasteiger partial charge in [0.25, 0.3) is 0 Å². The summed E-state index contributed by atoms with van der Waals surface area (Å²) in [7, 11) is 0. The van der Waals surface area contributed by atoms with E-state index in [0.717, 1.165) is 37.2 Å². The minimum absolute atomic E-state index is 0.222. The van der Waals surface area contributed by atoms with Gasteiger partial charge in [-0.2, -0.15) is 5.10 Å². The molecular formula is C15H26N4O2. The van der Waals surface area contributed by atoms with E-state index in [-0.39, 0.29) is 6.09 Å². The number of nitrogens with two attached hydrogens (primary N) is 1. The number of anilines is 1. The maximum Gasteiger partial charge on any atom is 0.410 e. The quantitative estimate of drug-likeness (QED) is 0.864. The van der Waals surface area contributed by atoms with Gasteiger partial charge in [-0.3, -0.25) is 4.68 Å². The summed E-state index contributed by atoms with van der Waals surface area (Å²) < 4.78 is 7.44. The number of likely N-dealkylation sites (tertiary alicyclic amines) is 1. The van der Waals surface area contributed by atoms with Crippen LogP contribution in [0.4, 0.5) is 10.5 Å². The van der Waals surface area contributed by atoms with Gasteiger partial charge in [-0.1, -0.05) is 0 Å². The van der Waals surface area contributed by atoms with Crippen molar-refractivity contribution in [2.24, 2.45) is 0 Å². The normalized spacial score (nSPS) is 20.2. The monoisotopic (exact) mass is 294 g/mol. The Balaban J connectivity index is 1.99. The van der Waals surface area contributed by atoms with E-state index >= 15 is 0 Å². The van der Waals surface area contributed by atoms with Crippen molar-refractivity contribution in [1.82, 2.24) is 14.7 Å². The van der Waals surface area contributed by atoms with E-state index in [1.165, 1.54) is 0 Å². The number of carbonyl (C=O) groups excluding carboxylic acids is 1. The highest BCUT2D eigenvalue weighted by Crippen LogP contribution is 2.26. The maximum atomic E-state index is 12.1. The van der Waals surface area contributed by atoms with Gasteiger partial charge in [0.1, 0.15) is 5.60 Å². The van der Waals surface area contributed by atoms with E-state index in [0.29, 0.717) is 12.6 Å². The molecule has 0 spiro atoms. The molecule has 118 valence electrons. The molecular weight excluding hydrogens is 268 g/mol. The van der Waals surface area contributed by atoms with Crippen LogP contribution in [0.5, 0.6) is 0 Å². The molecule has 6 heteroatoms. The first-order chi connectivity index (χ1) is 9.78. The third-order valence-corrected chi connectivity index (χ3v) is 3.78. The molecule has 0 radical (unpaired) electrons. The van der Waals surface area contributed by atoms with Crippen molar-refractivity contribution < 1.29 is 9.53 Å². The molecule has 1 saturated heterocycles. The van der Waals surface area contributed by atoms with E-state index in [1.54, 1.807) is 11.1 Å². The van der Waals surface area contributed by atoms with E-state index in [9.17, 15) is 4.79 Å². The fourth-order valence-electron chi connectivity index (χ4n) is 2.64. The Morgan fingerprint density at radius 3 is 2.67 bits per heavy atom. The first kappa shape index (κ1) is 15.7. The third kappa shape index (κ3) is 3.89. The van der Waals surface area contributed by atoms with Gasteiger partial charge in [0, 0.05) is 13.1 Å². The van der Waals surface area contributed by atoms with Gasteiger partial charge in [0.2, 0.25) is 0 Å². The van der Waals surface area contributed by atoms with Crippen molar-refractivity contribution in [3.8, 4) is 0 Å². The van der Waals surface area contributed by atoms with Crippen LogP contribution in [0.2, 0.25) is 0 Å². The SMILES string of the molecule is Cc1c(N)cnn1C1CCCN(C(=O)OC(C)(C)C)CC1. The average Bonchev–Trinajstić information content (AvgIpc) is 2.61. The molecule has 21 heavy (non-hydrogen) atoms. The summed E-state index contributed by atoms with van der Waals surface area (Å²) in [5.41, 5.74) is 7.15. The molecule has 2 rings (SSSR count). The molecule has 1 aromatic rings. The zero-order chi connectivity index (χ0) is 15.6. The third-order valence-electron chi connectivity index (χ3n) is 3.78. The van der Waals surface area contributed by atoms with Crippen LogP contribution in [-0.4, -0.2) is 39.5 Å². The molecule has 2 heterocycles. The summed E-state index contributed by atoms with van der Waals surface area (Å²) >= 11 is 0. The molecule has 0 aromatic carbocycles. The maximum absolute atomic E-state index is 12.1. The highest BCUT2D eigenvalue weighted by molar-refractivity contribution is 5.68. The van der Waals surface area contributed by atoms with Crippen LogP contribution in [-0.2, 0) is 4.74 Å². The summed E-state index contributed by atoms with van der Waals surface area (Å²) in [6.45, 7) is 9.09. The van der Waals surface area contributed by atoms with Crippen LogP contribution >= 0.6 is 0 Å². The standard InChI is InChI=1S/C15H26N4O2/c1-11-13(16)10-17-19(11)12-6-5-8-18(9-7-12)14(20)21-15(2,3)4/h10,12H,5-9,16H2,1-4H3. The largest absolute Gasteiger partial charge is 0.444 e. The molecule has 1 aromatic heterocycles. The molecule has 0 aliphatic carbocycles. The fraction of sp³-hybridized carbons (Fsp3) is 0.733. The smallest absolute Gasteiger partial charge is 0.410 e. The van der Waals surface area contributed by atoms with Crippen LogP contribution in [0, 0.1) is 6.92 Å². The molecule has 1 unspecified atom stereocenters. The van der Waals surface area contributed by atoms with Gasteiger partial charge >= 0.3 is 6.09 Å². The number of amides is 1. The van der Waals surface area contributed by atoms with Gasteiger partial charge in [-0.05, 0) is 47.0 Å². The number of carbonyl (C=O) groups is 1. The highest BCUT2D eigenvalue weighted by atomic mass is 16.6. The Kier molecular flexibility index (Phi) is 4.44. The first-order valence-electron chi connectivity index (χ1n) is 7.55. The minimum atomic E-state index is -0.449. The number of aromatic nitrogens is 2. The number of rotatable bonds is 1. The van der Waals surface area contributed by atoms with Gasteiger partial charge in [-0.15, -0.1) is 0 Å². The second-order valence-corrected chi connectivity index (χ2v) is 6.68. The fourth-order valence-corrected chi connectivity index (χ4v) is 2.64. The van der Waals surface area contributed by atoms with Crippen LogP contribution < -0.4 is 5.73 Å². The number of ether oxygens (including phenoxy) is 1. The lowest BCUT2D eigenvalue weighted by Gasteiger charge is -2.26. The lowest BCUT2D eigenvalue weighted by molar-refractivity contribution is 0.0255. The predicted molar refractivity (Wildman–Crippen MR) is 82.1 cm³/mol. The highest BCUT2D eigenvalue weighted by Gasteiger charge is 2.26. The van der Waals surface area contributed by atoms with Crippen molar-refractivity contribution in [3.63, 3.8) is 0 Å². The first-order valence-corrected chi connectivity index (χ1v) is 7.55. The number of nitrogens with zero attached hydrogens (tertiary/aromatic N) is 3. The molecule has 1 aliphatic heterocycles. The predicted octanol–water partition coefficient (Wildman–Crippen LogP) is 2.74. The molecule has 1 atom stereocenters. The van der Waals surface area contributed by atoms with Gasteiger partial charge in [0.05, 0.1) is 23.6 Å². The van der Waals surface area contributed by atoms with Crippen molar-refractivity contribution in [3.05, 3.63) is 11.9 Å². The zero-order valence-electron chi connectivity index (χ0n) is 13.4. The Hall–Kier alpha value is -1.72. The minimum Gasteiger partial charge on any atom is -0.444 e. The molecule has 1 amide bonds. The Labute approximate surface area is 126 Å². The molecule has 0 bridgehead atoms. The Morgan fingerprint density at radius 1 is 1.38 bits per heavy atom. The lowest BCUT2D eigenvalue weighted by atomic mass is 10.1.